The van der Waals surface area contributed by atoms with Crippen molar-refractivity contribution in [1.29, 1.82) is 0 Å². The fraction of sp³-hybridized carbons (Fsp3) is 0.400. The van der Waals surface area contributed by atoms with Crippen LogP contribution in [0.4, 0.5) is 5.69 Å². The summed E-state index contributed by atoms with van der Waals surface area (Å²) in [7, 11) is 0. The normalized spacial score (nSPS) is 13.5. The lowest BCUT2D eigenvalue weighted by Crippen LogP contribution is -2.49. The van der Waals surface area contributed by atoms with E-state index in [0.717, 1.165) is 13.1 Å². The van der Waals surface area contributed by atoms with Crippen LogP contribution >= 0.6 is 0 Å². The molecular formula is C25H31N3O4. The Kier molecular flexibility index (Phi) is 8.66. The van der Waals surface area contributed by atoms with Crippen LogP contribution in [-0.4, -0.2) is 61.8 Å². The van der Waals surface area contributed by atoms with Gasteiger partial charge in [0.2, 0.25) is 11.8 Å². The zero-order valence-electron chi connectivity index (χ0n) is 18.6. The number of anilines is 1. The summed E-state index contributed by atoms with van der Waals surface area (Å²) in [6, 6.07) is 17.1. The number of piperazine rings is 1. The van der Waals surface area contributed by atoms with Crippen LogP contribution < -0.4 is 15.0 Å². The monoisotopic (exact) mass is 437 g/mol. The summed E-state index contributed by atoms with van der Waals surface area (Å²) in [4.78, 5) is 40.9. The molecule has 32 heavy (non-hydrogen) atoms. The molecule has 0 aliphatic carbocycles. The van der Waals surface area contributed by atoms with Gasteiger partial charge in [-0.2, -0.15) is 0 Å². The van der Waals surface area contributed by atoms with Crippen molar-refractivity contribution in [2.75, 3.05) is 44.2 Å². The molecular weight excluding hydrogens is 406 g/mol. The fourth-order valence-corrected chi connectivity index (χ4v) is 3.68. The van der Waals surface area contributed by atoms with E-state index in [0.29, 0.717) is 31.0 Å². The molecule has 2 amide bonds. The summed E-state index contributed by atoms with van der Waals surface area (Å²) in [6.45, 7) is 5.72. The maximum Gasteiger partial charge on any atom is 0.224 e. The van der Waals surface area contributed by atoms with E-state index in [1.54, 1.807) is 24.3 Å². The number of benzene rings is 2. The van der Waals surface area contributed by atoms with Gasteiger partial charge in [0.25, 0.3) is 0 Å². The van der Waals surface area contributed by atoms with Crippen molar-refractivity contribution in [2.45, 2.75) is 26.2 Å². The molecule has 1 fully saturated rings. The van der Waals surface area contributed by atoms with Gasteiger partial charge in [-0.05, 0) is 43.3 Å². The third kappa shape index (κ3) is 6.83. The van der Waals surface area contributed by atoms with Crippen molar-refractivity contribution in [3.63, 3.8) is 0 Å². The number of nitrogens with one attached hydrogen (secondary N) is 1. The average molecular weight is 438 g/mol. The first kappa shape index (κ1) is 23.3. The molecule has 1 heterocycles. The predicted octanol–water partition coefficient (Wildman–Crippen LogP) is 2.90. The molecule has 1 N–H and O–H groups in total. The molecule has 2 aromatic carbocycles. The number of Topliss-reactive ketones (excluding diaryl/α,β-unsaturated/α-hetero) is 1. The summed E-state index contributed by atoms with van der Waals surface area (Å²) in [5, 5.41) is 2.75. The van der Waals surface area contributed by atoms with E-state index in [1.807, 2.05) is 30.0 Å². The molecule has 7 nitrogen and oxygen atoms in total. The molecule has 0 bridgehead atoms. The Morgan fingerprint density at radius 2 is 1.56 bits per heavy atom. The van der Waals surface area contributed by atoms with Crippen molar-refractivity contribution < 1.29 is 19.1 Å². The Bertz CT molecular complexity index is 891. The quantitative estimate of drug-likeness (QED) is 0.578. The Morgan fingerprint density at radius 3 is 2.22 bits per heavy atom. The smallest absolute Gasteiger partial charge is 0.224 e. The van der Waals surface area contributed by atoms with Gasteiger partial charge < -0.3 is 19.9 Å². The molecule has 0 saturated carbocycles. The third-order valence-corrected chi connectivity index (χ3v) is 5.48. The van der Waals surface area contributed by atoms with Crippen LogP contribution in [0.3, 0.4) is 0 Å². The fourth-order valence-electron chi connectivity index (χ4n) is 3.68. The van der Waals surface area contributed by atoms with Crippen LogP contribution in [-0.2, 0) is 9.59 Å². The number of para-hydroxylation sites is 1. The molecule has 3 rings (SSSR count). The molecule has 0 atom stereocenters. The Hall–Kier alpha value is -3.35. The predicted molar refractivity (Wildman–Crippen MR) is 124 cm³/mol. The van der Waals surface area contributed by atoms with Crippen molar-refractivity contribution in [1.82, 2.24) is 10.2 Å². The summed E-state index contributed by atoms with van der Waals surface area (Å²) >= 11 is 0. The van der Waals surface area contributed by atoms with Crippen LogP contribution in [0.2, 0.25) is 0 Å². The molecule has 0 unspecified atom stereocenters. The van der Waals surface area contributed by atoms with E-state index < -0.39 is 0 Å². The molecule has 7 heteroatoms. The minimum atomic E-state index is -0.217. The summed E-state index contributed by atoms with van der Waals surface area (Å²) in [6.07, 6.45) is 0.509. The van der Waals surface area contributed by atoms with E-state index in [4.69, 9.17) is 4.74 Å². The molecule has 1 aliphatic rings. The first-order valence-electron chi connectivity index (χ1n) is 11.2. The van der Waals surface area contributed by atoms with Crippen molar-refractivity contribution in [2.24, 2.45) is 0 Å². The van der Waals surface area contributed by atoms with Crippen LogP contribution in [0.1, 0.15) is 36.5 Å². The largest absolute Gasteiger partial charge is 0.494 e. The number of hydrogen-bond donors (Lipinski definition) is 1. The second-order valence-corrected chi connectivity index (χ2v) is 7.68. The SMILES string of the molecule is CCOc1ccc(C(=O)CCC(=O)NCCC(=O)N2CCN(c3ccccc3)CC2)cc1. The van der Waals surface area contributed by atoms with Gasteiger partial charge in [0, 0.05) is 63.2 Å². The Balaban J connectivity index is 1.31. The van der Waals surface area contributed by atoms with Crippen LogP contribution in [0.15, 0.2) is 54.6 Å². The van der Waals surface area contributed by atoms with Crippen molar-refractivity contribution >= 4 is 23.3 Å². The van der Waals surface area contributed by atoms with Gasteiger partial charge in [0.05, 0.1) is 6.61 Å². The van der Waals surface area contributed by atoms with Gasteiger partial charge in [-0.25, -0.2) is 0 Å². The van der Waals surface area contributed by atoms with Gasteiger partial charge >= 0.3 is 0 Å². The second-order valence-electron chi connectivity index (χ2n) is 7.68. The molecule has 1 aliphatic heterocycles. The zero-order valence-corrected chi connectivity index (χ0v) is 18.6. The highest BCUT2D eigenvalue weighted by Gasteiger charge is 2.21. The molecule has 1 saturated heterocycles. The van der Waals surface area contributed by atoms with Gasteiger partial charge in [-0.15, -0.1) is 0 Å². The molecule has 0 aromatic heterocycles. The summed E-state index contributed by atoms with van der Waals surface area (Å²) in [5.74, 6) is 0.456. The molecule has 0 radical (unpaired) electrons. The van der Waals surface area contributed by atoms with Crippen molar-refractivity contribution in [3.8, 4) is 5.75 Å². The standard InChI is InChI=1S/C25H31N3O4/c1-2-32-22-10-8-20(9-11-22)23(29)12-13-24(30)26-15-14-25(31)28-18-16-27(17-19-28)21-6-4-3-5-7-21/h3-11H,2,12-19H2,1H3,(H,26,30). The van der Waals surface area contributed by atoms with Crippen LogP contribution in [0, 0.1) is 0 Å². The summed E-state index contributed by atoms with van der Waals surface area (Å²) in [5.41, 5.74) is 1.73. The Morgan fingerprint density at radius 1 is 0.875 bits per heavy atom. The topological polar surface area (TPSA) is 78.9 Å². The highest BCUT2D eigenvalue weighted by molar-refractivity contribution is 5.98. The van der Waals surface area contributed by atoms with Gasteiger partial charge in [0.15, 0.2) is 5.78 Å². The van der Waals surface area contributed by atoms with Gasteiger partial charge in [0.1, 0.15) is 5.75 Å². The number of hydrogen-bond acceptors (Lipinski definition) is 5. The van der Waals surface area contributed by atoms with E-state index in [2.05, 4.69) is 22.3 Å². The second kappa shape index (κ2) is 11.9. The number of ketones is 1. The van der Waals surface area contributed by atoms with Crippen molar-refractivity contribution in [3.05, 3.63) is 60.2 Å². The van der Waals surface area contributed by atoms with Crippen LogP contribution in [0.5, 0.6) is 5.75 Å². The molecule has 2 aromatic rings. The molecule has 170 valence electrons. The van der Waals surface area contributed by atoms with E-state index in [-0.39, 0.29) is 43.4 Å². The zero-order chi connectivity index (χ0) is 22.8. The lowest BCUT2D eigenvalue weighted by atomic mass is 10.1. The number of nitrogens with zero attached hydrogens (tertiary/aromatic N) is 2. The highest BCUT2D eigenvalue weighted by Crippen LogP contribution is 2.16. The van der Waals surface area contributed by atoms with Gasteiger partial charge in [-0.1, -0.05) is 18.2 Å². The first-order chi connectivity index (χ1) is 15.6. The average Bonchev–Trinajstić information content (AvgIpc) is 2.84. The van der Waals surface area contributed by atoms with E-state index in [1.165, 1.54) is 5.69 Å². The first-order valence-corrected chi connectivity index (χ1v) is 11.2. The van der Waals surface area contributed by atoms with E-state index >= 15 is 0 Å². The number of carbonyl (C=O) groups is 3. The number of amides is 2. The Labute approximate surface area is 189 Å². The number of carbonyl (C=O) groups excluding carboxylic acids is 3. The van der Waals surface area contributed by atoms with Crippen LogP contribution in [0.25, 0.3) is 0 Å². The van der Waals surface area contributed by atoms with E-state index in [9.17, 15) is 14.4 Å². The molecule has 0 spiro atoms. The highest BCUT2D eigenvalue weighted by atomic mass is 16.5. The number of ether oxygens (including phenoxy) is 1. The lowest BCUT2D eigenvalue weighted by molar-refractivity contribution is -0.131. The third-order valence-electron chi connectivity index (χ3n) is 5.48. The summed E-state index contributed by atoms with van der Waals surface area (Å²) < 4.78 is 5.36. The number of rotatable bonds is 10. The lowest BCUT2D eigenvalue weighted by Gasteiger charge is -2.36. The maximum atomic E-state index is 12.4. The van der Waals surface area contributed by atoms with Gasteiger partial charge in [-0.3, -0.25) is 14.4 Å². The minimum Gasteiger partial charge on any atom is -0.494 e. The maximum absolute atomic E-state index is 12.4. The minimum absolute atomic E-state index is 0.0449.